The third kappa shape index (κ3) is 6.47. The molecule has 3 aromatic carbocycles. The molecule has 0 aliphatic rings. The summed E-state index contributed by atoms with van der Waals surface area (Å²) in [6.45, 7) is 8.80. The number of anilines is 1. The highest BCUT2D eigenvalue weighted by Gasteiger charge is 2.12. The fourth-order valence-corrected chi connectivity index (χ4v) is 3.18. The minimum Gasteiger partial charge on any atom is -0.490 e. The average Bonchev–Trinajstić information content (AvgIpc) is 2.80. The Morgan fingerprint density at radius 3 is 2.36 bits per heavy atom. The van der Waals surface area contributed by atoms with Crippen molar-refractivity contribution in [1.29, 1.82) is 5.26 Å². The molecule has 0 atom stereocenters. The first-order valence-corrected chi connectivity index (χ1v) is 10.8. The number of benzene rings is 3. The van der Waals surface area contributed by atoms with Crippen LogP contribution in [0.25, 0.3) is 6.08 Å². The molecule has 3 aromatic rings. The number of ether oxygens (including phenoxy) is 2. The van der Waals surface area contributed by atoms with Crippen LogP contribution in [-0.4, -0.2) is 12.5 Å². The van der Waals surface area contributed by atoms with E-state index in [1.54, 1.807) is 24.3 Å². The number of hydrogen-bond donors (Lipinski definition) is 1. The molecule has 0 aliphatic carbocycles. The Bertz CT molecular complexity index is 1200. The first kappa shape index (κ1) is 23.6. The van der Waals surface area contributed by atoms with E-state index in [1.165, 1.54) is 5.56 Å². The topological polar surface area (TPSA) is 71.3 Å². The predicted octanol–water partition coefficient (Wildman–Crippen LogP) is 6.14. The molecule has 0 fully saturated rings. The van der Waals surface area contributed by atoms with Crippen LogP contribution in [0, 0.1) is 32.1 Å². The summed E-state index contributed by atoms with van der Waals surface area (Å²) in [6, 6.07) is 21.1. The van der Waals surface area contributed by atoms with Crippen LogP contribution < -0.4 is 14.8 Å². The molecule has 0 spiro atoms. The third-order valence-electron chi connectivity index (χ3n) is 5.22. The van der Waals surface area contributed by atoms with Crippen LogP contribution in [0.1, 0.15) is 34.7 Å². The zero-order chi connectivity index (χ0) is 23.8. The van der Waals surface area contributed by atoms with Crippen LogP contribution in [0.4, 0.5) is 5.69 Å². The standard InChI is InChI=1S/C28H28N2O3/c1-5-32-27-16-23(11-13-26(27)33-18-22-9-6-19(2)7-10-22)15-24(17-29)28(31)30-25-12-8-20(3)21(4)14-25/h6-16H,5,18H2,1-4H3,(H,30,31)/b24-15+. The molecule has 0 unspecified atom stereocenters. The average molecular weight is 441 g/mol. The summed E-state index contributed by atoms with van der Waals surface area (Å²) in [4.78, 5) is 12.6. The summed E-state index contributed by atoms with van der Waals surface area (Å²) in [5.74, 6) is 0.705. The van der Waals surface area contributed by atoms with Gasteiger partial charge < -0.3 is 14.8 Å². The first-order valence-electron chi connectivity index (χ1n) is 10.8. The molecule has 0 saturated carbocycles. The summed E-state index contributed by atoms with van der Waals surface area (Å²) in [5, 5.41) is 12.3. The lowest BCUT2D eigenvalue weighted by atomic mass is 10.1. The Balaban J connectivity index is 1.77. The van der Waals surface area contributed by atoms with Gasteiger partial charge >= 0.3 is 0 Å². The van der Waals surface area contributed by atoms with E-state index < -0.39 is 5.91 Å². The number of nitrogens with zero attached hydrogens (tertiary/aromatic N) is 1. The van der Waals surface area contributed by atoms with E-state index in [-0.39, 0.29) is 5.57 Å². The molecule has 0 heterocycles. The first-order chi connectivity index (χ1) is 15.9. The molecule has 0 radical (unpaired) electrons. The van der Waals surface area contributed by atoms with Crippen LogP contribution in [0.15, 0.2) is 66.2 Å². The highest BCUT2D eigenvalue weighted by molar-refractivity contribution is 6.09. The molecule has 5 nitrogen and oxygen atoms in total. The molecule has 3 rings (SSSR count). The quantitative estimate of drug-likeness (QED) is 0.338. The minimum atomic E-state index is -0.460. The lowest BCUT2D eigenvalue weighted by molar-refractivity contribution is -0.112. The molecule has 0 aliphatic heterocycles. The van der Waals surface area contributed by atoms with Gasteiger partial charge in [-0.3, -0.25) is 4.79 Å². The number of aryl methyl sites for hydroxylation is 3. The normalized spacial score (nSPS) is 10.9. The second-order valence-corrected chi connectivity index (χ2v) is 7.84. The smallest absolute Gasteiger partial charge is 0.266 e. The van der Waals surface area contributed by atoms with Gasteiger partial charge in [-0.1, -0.05) is 42.0 Å². The van der Waals surface area contributed by atoms with Crippen LogP contribution >= 0.6 is 0 Å². The van der Waals surface area contributed by atoms with Gasteiger partial charge in [0.2, 0.25) is 0 Å². The van der Waals surface area contributed by atoms with E-state index in [4.69, 9.17) is 9.47 Å². The van der Waals surface area contributed by atoms with Crippen LogP contribution in [0.3, 0.4) is 0 Å². The maximum Gasteiger partial charge on any atom is 0.266 e. The molecule has 0 saturated heterocycles. The summed E-state index contributed by atoms with van der Waals surface area (Å²) in [6.07, 6.45) is 1.54. The Labute approximate surface area is 195 Å². The minimum absolute atomic E-state index is 0.00370. The fourth-order valence-electron chi connectivity index (χ4n) is 3.18. The van der Waals surface area contributed by atoms with Crippen LogP contribution in [-0.2, 0) is 11.4 Å². The summed E-state index contributed by atoms with van der Waals surface area (Å²) >= 11 is 0. The number of carbonyl (C=O) groups is 1. The van der Waals surface area contributed by atoms with Crippen molar-refractivity contribution in [3.63, 3.8) is 0 Å². The highest BCUT2D eigenvalue weighted by atomic mass is 16.5. The van der Waals surface area contributed by atoms with Gasteiger partial charge in [0, 0.05) is 5.69 Å². The second kappa shape index (κ2) is 11.0. The van der Waals surface area contributed by atoms with E-state index in [2.05, 4.69) is 5.32 Å². The monoisotopic (exact) mass is 440 g/mol. The van der Waals surface area contributed by atoms with E-state index in [0.29, 0.717) is 36.0 Å². The second-order valence-electron chi connectivity index (χ2n) is 7.84. The van der Waals surface area contributed by atoms with Gasteiger partial charge in [-0.05, 0) is 80.3 Å². The fraction of sp³-hybridized carbons (Fsp3) is 0.214. The van der Waals surface area contributed by atoms with Crippen molar-refractivity contribution in [2.24, 2.45) is 0 Å². The van der Waals surface area contributed by atoms with Gasteiger partial charge in [-0.15, -0.1) is 0 Å². The summed E-state index contributed by atoms with van der Waals surface area (Å²) in [5.41, 5.74) is 5.78. The molecular weight excluding hydrogens is 412 g/mol. The van der Waals surface area contributed by atoms with Crippen molar-refractivity contribution in [2.45, 2.75) is 34.3 Å². The molecule has 168 valence electrons. The van der Waals surface area contributed by atoms with Crippen molar-refractivity contribution in [1.82, 2.24) is 0 Å². The van der Waals surface area contributed by atoms with Gasteiger partial charge in [0.05, 0.1) is 6.61 Å². The van der Waals surface area contributed by atoms with Gasteiger partial charge in [0.15, 0.2) is 11.5 Å². The Morgan fingerprint density at radius 1 is 0.939 bits per heavy atom. The van der Waals surface area contributed by atoms with E-state index >= 15 is 0 Å². The highest BCUT2D eigenvalue weighted by Crippen LogP contribution is 2.30. The Hall–Kier alpha value is -4.04. The number of rotatable bonds is 8. The zero-order valence-electron chi connectivity index (χ0n) is 19.4. The van der Waals surface area contributed by atoms with Crippen molar-refractivity contribution >= 4 is 17.7 Å². The number of hydrogen-bond acceptors (Lipinski definition) is 4. The van der Waals surface area contributed by atoms with Crippen molar-refractivity contribution in [3.05, 3.63) is 94.1 Å². The largest absolute Gasteiger partial charge is 0.490 e. The molecular formula is C28H28N2O3. The SMILES string of the molecule is CCOc1cc(/C=C(\C#N)C(=O)Nc2ccc(C)c(C)c2)ccc1OCc1ccc(C)cc1. The van der Waals surface area contributed by atoms with Gasteiger partial charge in [0.1, 0.15) is 18.2 Å². The van der Waals surface area contributed by atoms with E-state index in [9.17, 15) is 10.1 Å². The van der Waals surface area contributed by atoms with Crippen molar-refractivity contribution < 1.29 is 14.3 Å². The molecule has 5 heteroatoms. The van der Waals surface area contributed by atoms with Crippen molar-refractivity contribution in [2.75, 3.05) is 11.9 Å². The lowest BCUT2D eigenvalue weighted by Gasteiger charge is -2.13. The number of amides is 1. The number of nitrogens with one attached hydrogen (secondary N) is 1. The third-order valence-corrected chi connectivity index (χ3v) is 5.22. The molecule has 1 amide bonds. The molecule has 1 N–H and O–H groups in total. The maximum atomic E-state index is 12.6. The number of nitriles is 1. The Kier molecular flexibility index (Phi) is 7.88. The summed E-state index contributed by atoms with van der Waals surface area (Å²) in [7, 11) is 0. The Morgan fingerprint density at radius 2 is 1.70 bits per heavy atom. The van der Waals surface area contributed by atoms with Gasteiger partial charge in [0.25, 0.3) is 5.91 Å². The lowest BCUT2D eigenvalue weighted by Crippen LogP contribution is -2.13. The molecule has 0 aromatic heterocycles. The maximum absolute atomic E-state index is 12.6. The van der Waals surface area contributed by atoms with Gasteiger partial charge in [-0.25, -0.2) is 0 Å². The van der Waals surface area contributed by atoms with Crippen molar-refractivity contribution in [3.8, 4) is 17.6 Å². The molecule has 0 bridgehead atoms. The van der Waals surface area contributed by atoms with E-state index in [1.807, 2.05) is 76.2 Å². The molecule has 33 heavy (non-hydrogen) atoms. The van der Waals surface area contributed by atoms with Crippen LogP contribution in [0.5, 0.6) is 11.5 Å². The van der Waals surface area contributed by atoms with E-state index in [0.717, 1.165) is 16.7 Å². The predicted molar refractivity (Wildman–Crippen MR) is 131 cm³/mol. The van der Waals surface area contributed by atoms with Gasteiger partial charge in [-0.2, -0.15) is 5.26 Å². The number of carbonyl (C=O) groups excluding carboxylic acids is 1. The summed E-state index contributed by atoms with van der Waals surface area (Å²) < 4.78 is 11.7. The zero-order valence-corrected chi connectivity index (χ0v) is 19.4. The van der Waals surface area contributed by atoms with Crippen LogP contribution in [0.2, 0.25) is 0 Å².